The number of nitrogens with zero attached hydrogens (tertiary/aromatic N) is 1. The summed E-state index contributed by atoms with van der Waals surface area (Å²) in [6, 6.07) is 0.0476. The van der Waals surface area contributed by atoms with Crippen molar-refractivity contribution in [2.24, 2.45) is 0 Å². The number of rotatable bonds is 3. The molecule has 1 aromatic rings. The molecule has 6 nitrogen and oxygen atoms in total. The van der Waals surface area contributed by atoms with Gasteiger partial charge in [-0.05, 0) is 40.2 Å². The molecule has 1 fully saturated rings. The van der Waals surface area contributed by atoms with Crippen LogP contribution in [0.4, 0.5) is 0 Å². The number of nitrogens with one attached hydrogen (secondary N) is 2. The number of piperidine rings is 1. The van der Waals surface area contributed by atoms with Gasteiger partial charge in [-0.25, -0.2) is 13.1 Å². The van der Waals surface area contributed by atoms with Crippen LogP contribution in [0.1, 0.15) is 31.2 Å². The maximum absolute atomic E-state index is 12.3. The highest BCUT2D eigenvalue weighted by Gasteiger charge is 2.30. The summed E-state index contributed by atoms with van der Waals surface area (Å²) in [7, 11) is -3.56. The zero-order valence-electron chi connectivity index (χ0n) is 10.9. The van der Waals surface area contributed by atoms with Crippen LogP contribution in [0.2, 0.25) is 0 Å². The van der Waals surface area contributed by atoms with E-state index < -0.39 is 10.0 Å². The molecule has 0 aliphatic carbocycles. The fourth-order valence-electron chi connectivity index (χ4n) is 2.32. The molecule has 1 aliphatic heterocycles. The predicted molar refractivity (Wildman–Crippen MR) is 66.8 cm³/mol. The van der Waals surface area contributed by atoms with Gasteiger partial charge in [-0.1, -0.05) is 5.16 Å². The van der Waals surface area contributed by atoms with Gasteiger partial charge < -0.3 is 9.84 Å². The van der Waals surface area contributed by atoms with Gasteiger partial charge in [0.2, 0.25) is 10.0 Å². The summed E-state index contributed by atoms with van der Waals surface area (Å²) < 4.78 is 32.3. The van der Waals surface area contributed by atoms with E-state index in [4.69, 9.17) is 4.52 Å². The van der Waals surface area contributed by atoms with E-state index in [1.807, 2.05) is 6.92 Å². The second kappa shape index (κ2) is 4.99. The molecule has 0 amide bonds. The average molecular weight is 273 g/mol. The number of aryl methyl sites for hydroxylation is 2. The molecule has 0 bridgehead atoms. The normalized spacial score (nSPS) is 25.3. The zero-order valence-corrected chi connectivity index (χ0v) is 11.7. The summed E-state index contributed by atoms with van der Waals surface area (Å²) in [5.74, 6) is 0.330. The van der Waals surface area contributed by atoms with Crippen molar-refractivity contribution in [3.63, 3.8) is 0 Å². The molecule has 2 heterocycles. The highest BCUT2D eigenvalue weighted by molar-refractivity contribution is 7.89. The molecule has 2 rings (SSSR count). The number of aromatic nitrogens is 1. The van der Waals surface area contributed by atoms with Crippen molar-refractivity contribution in [2.45, 2.75) is 50.6 Å². The van der Waals surface area contributed by atoms with Crippen LogP contribution in [-0.4, -0.2) is 32.2 Å². The lowest BCUT2D eigenvalue weighted by Gasteiger charge is -2.30. The fraction of sp³-hybridized carbons (Fsp3) is 0.727. The predicted octanol–water partition coefficient (Wildman–Crippen LogP) is 0.710. The van der Waals surface area contributed by atoms with Gasteiger partial charge in [0.25, 0.3) is 0 Å². The largest absolute Gasteiger partial charge is 0.360 e. The molecular formula is C11H19N3O3S. The van der Waals surface area contributed by atoms with Gasteiger partial charge >= 0.3 is 0 Å². The first-order chi connectivity index (χ1) is 8.42. The summed E-state index contributed by atoms with van der Waals surface area (Å²) in [5.41, 5.74) is 0.399. The summed E-state index contributed by atoms with van der Waals surface area (Å²) in [6.07, 6.45) is 1.82. The van der Waals surface area contributed by atoms with Crippen molar-refractivity contribution in [1.82, 2.24) is 15.2 Å². The first kappa shape index (κ1) is 13.5. The molecule has 18 heavy (non-hydrogen) atoms. The highest BCUT2D eigenvalue weighted by atomic mass is 32.2. The van der Waals surface area contributed by atoms with E-state index >= 15 is 0 Å². The van der Waals surface area contributed by atoms with E-state index in [2.05, 4.69) is 15.2 Å². The van der Waals surface area contributed by atoms with Crippen LogP contribution in [0, 0.1) is 13.8 Å². The van der Waals surface area contributed by atoms with E-state index in [0.717, 1.165) is 19.4 Å². The standard InChI is InChI=1S/C11H19N3O3S/c1-7-10(5-4-6-12-7)14-18(15,16)11-8(2)13-17-9(11)3/h7,10,12,14H,4-6H2,1-3H3. The second-order valence-electron chi connectivity index (χ2n) is 4.77. The van der Waals surface area contributed by atoms with Crippen LogP contribution in [0.3, 0.4) is 0 Å². The quantitative estimate of drug-likeness (QED) is 0.847. The van der Waals surface area contributed by atoms with Gasteiger partial charge in [0.05, 0.1) is 0 Å². The Morgan fingerprint density at radius 1 is 1.44 bits per heavy atom. The SMILES string of the molecule is Cc1noc(C)c1S(=O)(=O)NC1CCCNC1C. The van der Waals surface area contributed by atoms with Crippen LogP contribution >= 0.6 is 0 Å². The molecule has 7 heteroatoms. The van der Waals surface area contributed by atoms with Gasteiger partial charge in [-0.15, -0.1) is 0 Å². The maximum atomic E-state index is 12.3. The minimum absolute atomic E-state index is 0.0857. The van der Waals surface area contributed by atoms with Crippen LogP contribution in [0.15, 0.2) is 9.42 Å². The summed E-state index contributed by atoms with van der Waals surface area (Å²) in [6.45, 7) is 6.16. The monoisotopic (exact) mass is 273 g/mol. The summed E-state index contributed by atoms with van der Waals surface area (Å²) in [5, 5.41) is 6.95. The van der Waals surface area contributed by atoms with Gasteiger partial charge in [-0.2, -0.15) is 0 Å². The first-order valence-corrected chi connectivity index (χ1v) is 7.58. The Hall–Kier alpha value is -0.920. The Kier molecular flexibility index (Phi) is 3.74. The van der Waals surface area contributed by atoms with Crippen molar-refractivity contribution in [3.05, 3.63) is 11.5 Å². The van der Waals surface area contributed by atoms with Crippen LogP contribution < -0.4 is 10.0 Å². The van der Waals surface area contributed by atoms with E-state index in [9.17, 15) is 8.42 Å². The smallest absolute Gasteiger partial charge is 0.246 e. The van der Waals surface area contributed by atoms with Crippen molar-refractivity contribution in [2.75, 3.05) is 6.54 Å². The number of hydrogen-bond donors (Lipinski definition) is 2. The van der Waals surface area contributed by atoms with Crippen LogP contribution in [0.25, 0.3) is 0 Å². The first-order valence-electron chi connectivity index (χ1n) is 6.10. The minimum Gasteiger partial charge on any atom is -0.360 e. The average Bonchev–Trinajstić information content (AvgIpc) is 2.62. The summed E-state index contributed by atoms with van der Waals surface area (Å²) >= 11 is 0. The van der Waals surface area contributed by atoms with E-state index in [1.165, 1.54) is 0 Å². The molecule has 2 unspecified atom stereocenters. The molecule has 0 aromatic carbocycles. The third kappa shape index (κ3) is 2.57. The van der Waals surface area contributed by atoms with E-state index in [-0.39, 0.29) is 17.0 Å². The van der Waals surface area contributed by atoms with Crippen molar-refractivity contribution in [3.8, 4) is 0 Å². The molecular weight excluding hydrogens is 254 g/mol. The Morgan fingerprint density at radius 3 is 2.72 bits per heavy atom. The Labute approximate surface area is 107 Å². The number of sulfonamides is 1. The lowest BCUT2D eigenvalue weighted by molar-refractivity contribution is 0.348. The van der Waals surface area contributed by atoms with Crippen molar-refractivity contribution < 1.29 is 12.9 Å². The molecule has 2 N–H and O–H groups in total. The highest BCUT2D eigenvalue weighted by Crippen LogP contribution is 2.20. The van der Waals surface area contributed by atoms with Crippen LogP contribution in [0.5, 0.6) is 0 Å². The molecule has 0 spiro atoms. The fourth-order valence-corrected chi connectivity index (χ4v) is 4.00. The maximum Gasteiger partial charge on any atom is 0.246 e. The van der Waals surface area contributed by atoms with Crippen LogP contribution in [-0.2, 0) is 10.0 Å². The molecule has 1 aromatic heterocycles. The molecule has 0 saturated carbocycles. The summed E-state index contributed by atoms with van der Waals surface area (Å²) in [4.78, 5) is 0.167. The Bertz CT molecular complexity index is 504. The topological polar surface area (TPSA) is 84.2 Å². The third-order valence-electron chi connectivity index (χ3n) is 3.30. The minimum atomic E-state index is -3.56. The molecule has 1 aliphatic rings. The zero-order chi connectivity index (χ0) is 13.3. The molecule has 102 valence electrons. The van der Waals surface area contributed by atoms with Crippen molar-refractivity contribution >= 4 is 10.0 Å². The third-order valence-corrected chi connectivity index (χ3v) is 5.04. The lowest BCUT2D eigenvalue weighted by atomic mass is 10.0. The number of hydrogen-bond acceptors (Lipinski definition) is 5. The van der Waals surface area contributed by atoms with Gasteiger partial charge in [0, 0.05) is 12.1 Å². The van der Waals surface area contributed by atoms with Gasteiger partial charge in [-0.3, -0.25) is 0 Å². The van der Waals surface area contributed by atoms with E-state index in [0.29, 0.717) is 11.5 Å². The van der Waals surface area contributed by atoms with Gasteiger partial charge in [0.1, 0.15) is 10.6 Å². The van der Waals surface area contributed by atoms with Gasteiger partial charge in [0.15, 0.2) is 5.76 Å². The Morgan fingerprint density at radius 2 is 2.17 bits per heavy atom. The molecule has 2 atom stereocenters. The lowest BCUT2D eigenvalue weighted by Crippen LogP contribution is -2.51. The van der Waals surface area contributed by atoms with Crippen molar-refractivity contribution in [1.29, 1.82) is 0 Å². The molecule has 0 radical (unpaired) electrons. The Balaban J connectivity index is 2.22. The molecule has 1 saturated heterocycles. The second-order valence-corrected chi connectivity index (χ2v) is 6.42. The van der Waals surface area contributed by atoms with E-state index in [1.54, 1.807) is 13.8 Å².